The summed E-state index contributed by atoms with van der Waals surface area (Å²) < 4.78 is 8.10. The van der Waals surface area contributed by atoms with Crippen LogP contribution in [0.3, 0.4) is 0 Å². The quantitative estimate of drug-likeness (QED) is 0.203. The SMILES string of the molecule is Cc1cc[c-]c(-n2[c-][n+](C)c(C)c2C)c1.Cc1cc[c-]c(-n2[c-][n+](C)c(C)c2C)c1.[Ir].c1ccc(-c2cnn[n-]2)nc1. The van der Waals surface area contributed by atoms with E-state index in [1.54, 1.807) is 12.4 Å². The molecule has 0 N–H and O–H groups in total. The summed E-state index contributed by atoms with van der Waals surface area (Å²) >= 11 is 0. The molecular weight excluding hydrogens is 701 g/mol. The molecule has 0 saturated heterocycles. The van der Waals surface area contributed by atoms with Crippen LogP contribution in [0.2, 0.25) is 0 Å². The van der Waals surface area contributed by atoms with Gasteiger partial charge in [-0.15, -0.1) is 0 Å². The van der Waals surface area contributed by atoms with Crippen LogP contribution in [0, 0.1) is 66.3 Å². The predicted molar refractivity (Wildman–Crippen MR) is 156 cm³/mol. The Labute approximate surface area is 262 Å². The first kappa shape index (κ1) is 32.3. The summed E-state index contributed by atoms with van der Waals surface area (Å²) in [6.07, 6.45) is 9.81. The van der Waals surface area contributed by atoms with Crippen LogP contribution in [0.15, 0.2) is 67.0 Å². The molecule has 0 unspecified atom stereocenters. The van der Waals surface area contributed by atoms with Gasteiger partial charge >= 0.3 is 0 Å². The minimum Gasteiger partial charge on any atom is -0.358 e. The maximum absolute atomic E-state index is 4.08. The molecule has 0 saturated carbocycles. The Balaban J connectivity index is 0.000000173. The molecular formula is C33H35IrN8-3. The van der Waals surface area contributed by atoms with Crippen LogP contribution in [-0.4, -0.2) is 24.4 Å². The predicted octanol–water partition coefficient (Wildman–Crippen LogP) is 4.15. The third-order valence-corrected chi connectivity index (χ3v) is 6.90. The van der Waals surface area contributed by atoms with Gasteiger partial charge in [-0.2, -0.15) is 59.7 Å². The summed E-state index contributed by atoms with van der Waals surface area (Å²) in [7, 11) is 4.02. The van der Waals surface area contributed by atoms with Crippen molar-refractivity contribution in [1.82, 2.24) is 29.5 Å². The molecule has 0 amide bonds. The number of imidazole rings is 2. The van der Waals surface area contributed by atoms with Crippen molar-refractivity contribution in [3.8, 4) is 22.8 Å². The first-order valence-corrected chi connectivity index (χ1v) is 13.3. The minimum atomic E-state index is 0. The number of aromatic nitrogens is 8. The van der Waals surface area contributed by atoms with Crippen LogP contribution in [0.5, 0.6) is 0 Å². The third-order valence-electron chi connectivity index (χ3n) is 6.90. The molecule has 0 aliphatic carbocycles. The summed E-state index contributed by atoms with van der Waals surface area (Å²) in [6.45, 7) is 12.6. The zero-order valence-electron chi connectivity index (χ0n) is 25.3. The molecule has 1 radical (unpaired) electrons. The van der Waals surface area contributed by atoms with Gasteiger partial charge in [0, 0.05) is 49.1 Å². The normalized spacial score (nSPS) is 10.2. The molecule has 9 heteroatoms. The Bertz CT molecular complexity index is 1620. The maximum atomic E-state index is 4.08. The molecule has 42 heavy (non-hydrogen) atoms. The van der Waals surface area contributed by atoms with E-state index in [2.05, 4.69) is 111 Å². The number of pyridine rings is 1. The average molecular weight is 736 g/mol. The van der Waals surface area contributed by atoms with Crippen molar-refractivity contribution >= 4 is 0 Å². The molecule has 0 bridgehead atoms. The Morgan fingerprint density at radius 1 is 0.738 bits per heavy atom. The molecule has 0 aliphatic rings. The summed E-state index contributed by atoms with van der Waals surface area (Å²) in [6, 6.07) is 24.3. The second kappa shape index (κ2) is 14.6. The topological polar surface area (TPSA) is 70.4 Å². The molecule has 0 spiro atoms. The standard InChI is InChI=1S/2C13H15N2.C7H5N4.Ir/c2*1-10-6-5-7-13(8-10)15-9-14(4)11(2)12(15)3;1-2-4-8-6(3-1)7-5-9-11-10-7;/h2*5-6,8H,1-4H3;1-5H;/q3*-1;. The van der Waals surface area contributed by atoms with Gasteiger partial charge < -0.3 is 28.5 Å². The molecule has 6 rings (SSSR count). The van der Waals surface area contributed by atoms with E-state index in [1.165, 1.54) is 33.9 Å². The van der Waals surface area contributed by atoms with Gasteiger partial charge in [0.15, 0.2) is 0 Å². The molecule has 2 aromatic carbocycles. The van der Waals surface area contributed by atoms with Crippen LogP contribution in [0.4, 0.5) is 0 Å². The zero-order chi connectivity index (χ0) is 29.5. The summed E-state index contributed by atoms with van der Waals surface area (Å²) in [5.74, 6) is 0. The maximum Gasteiger partial charge on any atom is 0.241 e. The van der Waals surface area contributed by atoms with E-state index in [9.17, 15) is 0 Å². The molecule has 6 aromatic rings. The summed E-state index contributed by atoms with van der Waals surface area (Å²) in [4.78, 5) is 4.08. The molecule has 4 aromatic heterocycles. The van der Waals surface area contributed by atoms with E-state index in [-0.39, 0.29) is 20.1 Å². The van der Waals surface area contributed by atoms with Gasteiger partial charge in [-0.25, -0.2) is 0 Å². The van der Waals surface area contributed by atoms with Crippen LogP contribution in [0.25, 0.3) is 22.8 Å². The summed E-state index contributed by atoms with van der Waals surface area (Å²) in [5, 5.41) is 10.8. The van der Waals surface area contributed by atoms with E-state index in [0.29, 0.717) is 5.69 Å². The third kappa shape index (κ3) is 7.75. The second-order valence-corrected chi connectivity index (χ2v) is 9.87. The number of hydrogen-bond acceptors (Lipinski definition) is 3. The van der Waals surface area contributed by atoms with E-state index in [4.69, 9.17) is 0 Å². The molecule has 219 valence electrons. The number of hydrogen-bond donors (Lipinski definition) is 0. The van der Waals surface area contributed by atoms with E-state index in [0.717, 1.165) is 17.1 Å². The van der Waals surface area contributed by atoms with Crippen LogP contribution >= 0.6 is 0 Å². The first-order valence-electron chi connectivity index (χ1n) is 13.3. The number of rotatable bonds is 3. The van der Waals surface area contributed by atoms with Gasteiger partial charge in [-0.1, -0.05) is 37.5 Å². The van der Waals surface area contributed by atoms with Gasteiger partial charge in [-0.05, 0) is 45.5 Å². The molecule has 4 heterocycles. The van der Waals surface area contributed by atoms with Crippen molar-refractivity contribution in [2.45, 2.75) is 41.5 Å². The van der Waals surface area contributed by atoms with Gasteiger partial charge in [0.05, 0.1) is 19.8 Å². The van der Waals surface area contributed by atoms with Gasteiger partial charge in [-0.3, -0.25) is 10.2 Å². The van der Waals surface area contributed by atoms with Crippen molar-refractivity contribution < 1.29 is 29.2 Å². The van der Waals surface area contributed by atoms with Crippen molar-refractivity contribution in [1.29, 1.82) is 0 Å². The second-order valence-electron chi connectivity index (χ2n) is 9.87. The van der Waals surface area contributed by atoms with Gasteiger partial charge in [0.1, 0.15) is 0 Å². The zero-order valence-corrected chi connectivity index (χ0v) is 27.7. The Morgan fingerprint density at radius 3 is 1.62 bits per heavy atom. The smallest absolute Gasteiger partial charge is 0.241 e. The average Bonchev–Trinajstić information content (AvgIpc) is 3.67. The van der Waals surface area contributed by atoms with Crippen LogP contribution < -0.4 is 14.2 Å². The fourth-order valence-electron chi connectivity index (χ4n) is 4.08. The van der Waals surface area contributed by atoms with Crippen molar-refractivity contribution in [3.63, 3.8) is 0 Å². The Hall–Kier alpha value is -4.20. The van der Waals surface area contributed by atoms with E-state index >= 15 is 0 Å². The van der Waals surface area contributed by atoms with Gasteiger partial charge in [0.2, 0.25) is 12.7 Å². The van der Waals surface area contributed by atoms with Crippen molar-refractivity contribution in [2.24, 2.45) is 14.1 Å². The fourth-order valence-corrected chi connectivity index (χ4v) is 4.08. The molecule has 0 atom stereocenters. The van der Waals surface area contributed by atoms with Crippen LogP contribution in [0.1, 0.15) is 33.9 Å². The number of aryl methyl sites for hydroxylation is 4. The minimum absolute atomic E-state index is 0. The van der Waals surface area contributed by atoms with Gasteiger partial charge in [0.25, 0.3) is 0 Å². The molecule has 8 nitrogen and oxygen atoms in total. The molecule has 0 aliphatic heterocycles. The Morgan fingerprint density at radius 2 is 1.26 bits per heavy atom. The number of benzene rings is 2. The molecule has 0 fully saturated rings. The van der Waals surface area contributed by atoms with Crippen molar-refractivity contribution in [3.05, 3.63) is 126 Å². The first-order chi connectivity index (χ1) is 19.7. The fraction of sp³-hybridized carbons (Fsp3) is 0.242. The Kier molecular flexibility index (Phi) is 11.2. The monoisotopic (exact) mass is 736 g/mol. The summed E-state index contributed by atoms with van der Waals surface area (Å²) in [5.41, 5.74) is 11.0. The largest absolute Gasteiger partial charge is 0.358 e. The van der Waals surface area contributed by atoms with Crippen molar-refractivity contribution in [2.75, 3.05) is 0 Å². The van der Waals surface area contributed by atoms with E-state index in [1.807, 2.05) is 62.7 Å². The number of nitrogens with zero attached hydrogens (tertiary/aromatic N) is 8. The van der Waals surface area contributed by atoms with E-state index < -0.39 is 0 Å². The van der Waals surface area contributed by atoms with Crippen LogP contribution in [-0.2, 0) is 34.2 Å².